The van der Waals surface area contributed by atoms with Gasteiger partial charge in [-0.3, -0.25) is 4.57 Å². The molecule has 86 valence electrons. The van der Waals surface area contributed by atoms with Gasteiger partial charge in [-0.1, -0.05) is 39.5 Å². The van der Waals surface area contributed by atoms with Crippen LogP contribution in [0.3, 0.4) is 0 Å². The summed E-state index contributed by atoms with van der Waals surface area (Å²) in [7, 11) is -1.29. The minimum atomic E-state index is -2.74. The molecule has 0 saturated carbocycles. The normalized spacial score (nSPS) is 15.4. The second-order valence-corrected chi connectivity index (χ2v) is 5.83. The molecule has 0 rings (SSSR count). The zero-order valence-electron chi connectivity index (χ0n) is 9.62. The molecule has 0 spiro atoms. The lowest BCUT2D eigenvalue weighted by molar-refractivity contribution is 0.229. The van der Waals surface area contributed by atoms with Crippen molar-refractivity contribution >= 4 is 7.60 Å². The maximum absolute atomic E-state index is 11.6. The fourth-order valence-corrected chi connectivity index (χ4v) is 2.14. The van der Waals surface area contributed by atoms with Crippen LogP contribution in [0.4, 0.5) is 0 Å². The first kappa shape index (κ1) is 14.2. The van der Waals surface area contributed by atoms with Gasteiger partial charge in [0.2, 0.25) is 0 Å². The summed E-state index contributed by atoms with van der Waals surface area (Å²) >= 11 is 0. The largest absolute Gasteiger partial charge is 0.330 e. The Balaban J connectivity index is 3.39. The summed E-state index contributed by atoms with van der Waals surface area (Å²) in [5, 5.41) is 0. The molecule has 14 heavy (non-hydrogen) atoms. The Morgan fingerprint density at radius 2 is 1.71 bits per heavy atom. The summed E-state index contributed by atoms with van der Waals surface area (Å²) in [5.74, 6) is 0. The molecule has 0 saturated heterocycles. The Labute approximate surface area is 87.7 Å². The molecule has 0 fully saturated rings. The van der Waals surface area contributed by atoms with E-state index in [0.29, 0.717) is 12.8 Å². The highest BCUT2D eigenvalue weighted by Crippen LogP contribution is 2.46. The first-order valence-electron chi connectivity index (χ1n) is 5.48. The molecule has 0 amide bonds. The Morgan fingerprint density at radius 3 is 2.21 bits per heavy atom. The molecule has 0 heterocycles. The lowest BCUT2D eigenvalue weighted by Gasteiger charge is -2.13. The molecular weight excluding hydrogens is 199 g/mol. The highest BCUT2D eigenvalue weighted by Gasteiger charge is 2.18. The van der Waals surface area contributed by atoms with Crippen LogP contribution < -0.4 is 0 Å². The van der Waals surface area contributed by atoms with Crippen LogP contribution in [0.5, 0.6) is 0 Å². The van der Waals surface area contributed by atoms with E-state index >= 15 is 0 Å². The first-order valence-corrected chi connectivity index (χ1v) is 7.20. The van der Waals surface area contributed by atoms with Crippen LogP contribution >= 0.6 is 7.60 Å². The van der Waals surface area contributed by atoms with Crippen molar-refractivity contribution in [2.75, 3.05) is 19.9 Å². The third-order valence-electron chi connectivity index (χ3n) is 2.20. The van der Waals surface area contributed by atoms with E-state index in [4.69, 9.17) is 9.05 Å². The van der Waals surface area contributed by atoms with Crippen LogP contribution in [0, 0.1) is 0 Å². The van der Waals surface area contributed by atoms with Gasteiger partial charge in [-0.15, -0.1) is 0 Å². The number of hydrogen-bond acceptors (Lipinski definition) is 3. The highest BCUT2D eigenvalue weighted by molar-refractivity contribution is 7.53. The molecule has 1 unspecified atom stereocenters. The number of unbranched alkanes of at least 4 members (excludes halogenated alkanes) is 4. The van der Waals surface area contributed by atoms with Crippen LogP contribution in [0.2, 0.25) is 0 Å². The number of rotatable bonds is 9. The zero-order chi connectivity index (χ0) is 10.9. The van der Waals surface area contributed by atoms with Gasteiger partial charge < -0.3 is 9.05 Å². The smallest absolute Gasteiger partial charge is 0.312 e. The Hall–Kier alpha value is 0.150. The van der Waals surface area contributed by atoms with Crippen molar-refractivity contribution in [2.24, 2.45) is 0 Å². The molecule has 0 bridgehead atoms. The van der Waals surface area contributed by atoms with Gasteiger partial charge in [0.05, 0.1) is 6.61 Å². The molecule has 4 heteroatoms. The minimum Gasteiger partial charge on any atom is -0.312 e. The maximum Gasteiger partial charge on any atom is 0.330 e. The second kappa shape index (κ2) is 8.46. The van der Waals surface area contributed by atoms with Crippen molar-refractivity contribution in [1.29, 1.82) is 0 Å². The molecule has 0 aliphatic carbocycles. The van der Waals surface area contributed by atoms with E-state index in [-0.39, 0.29) is 0 Å². The standard InChI is InChI=1S/C10H23O3P/c1-4-6-7-8-9-10-13-14(11,5-2)12-3/h4-10H2,1-3H3. The predicted molar refractivity (Wildman–Crippen MR) is 59.9 cm³/mol. The Kier molecular flexibility index (Phi) is 8.55. The van der Waals surface area contributed by atoms with Gasteiger partial charge in [0, 0.05) is 13.3 Å². The van der Waals surface area contributed by atoms with Gasteiger partial charge in [0.25, 0.3) is 0 Å². The summed E-state index contributed by atoms with van der Waals surface area (Å²) < 4.78 is 21.7. The van der Waals surface area contributed by atoms with Gasteiger partial charge in [0.1, 0.15) is 0 Å². The van der Waals surface area contributed by atoms with Crippen molar-refractivity contribution in [1.82, 2.24) is 0 Å². The van der Waals surface area contributed by atoms with Crippen molar-refractivity contribution < 1.29 is 13.6 Å². The summed E-state index contributed by atoms with van der Waals surface area (Å²) in [5.41, 5.74) is 0. The lowest BCUT2D eigenvalue weighted by Crippen LogP contribution is -1.97. The third-order valence-corrected chi connectivity index (χ3v) is 4.11. The van der Waals surface area contributed by atoms with E-state index in [9.17, 15) is 4.57 Å². The van der Waals surface area contributed by atoms with Gasteiger partial charge in [0.15, 0.2) is 0 Å². The molecular formula is C10H23O3P. The van der Waals surface area contributed by atoms with Crippen molar-refractivity contribution in [3.05, 3.63) is 0 Å². The quantitative estimate of drug-likeness (QED) is 0.439. The molecule has 1 atom stereocenters. The predicted octanol–water partition coefficient (Wildman–Crippen LogP) is 3.83. The fourth-order valence-electron chi connectivity index (χ4n) is 1.18. The summed E-state index contributed by atoms with van der Waals surface area (Å²) in [6.07, 6.45) is 6.35. The van der Waals surface area contributed by atoms with Crippen LogP contribution in [0.15, 0.2) is 0 Å². The summed E-state index contributed by atoms with van der Waals surface area (Å²) in [4.78, 5) is 0. The van der Waals surface area contributed by atoms with Crippen LogP contribution in [-0.4, -0.2) is 19.9 Å². The molecule has 0 aromatic heterocycles. The SMILES string of the molecule is CCCCCCCOP(=O)(CC)OC. The molecule has 0 aliphatic rings. The van der Waals surface area contributed by atoms with Crippen LogP contribution in [-0.2, 0) is 13.6 Å². The van der Waals surface area contributed by atoms with E-state index in [0.717, 1.165) is 12.8 Å². The fraction of sp³-hybridized carbons (Fsp3) is 1.00. The third kappa shape index (κ3) is 6.58. The van der Waals surface area contributed by atoms with Crippen LogP contribution in [0.1, 0.15) is 46.0 Å². The average Bonchev–Trinajstić information content (AvgIpc) is 2.23. The van der Waals surface area contributed by atoms with Crippen molar-refractivity contribution in [2.45, 2.75) is 46.0 Å². The number of hydrogen-bond donors (Lipinski definition) is 0. The van der Waals surface area contributed by atoms with Crippen molar-refractivity contribution in [3.63, 3.8) is 0 Å². The topological polar surface area (TPSA) is 35.5 Å². The zero-order valence-corrected chi connectivity index (χ0v) is 10.5. The second-order valence-electron chi connectivity index (χ2n) is 3.36. The molecule has 0 aromatic carbocycles. The van der Waals surface area contributed by atoms with Crippen LogP contribution in [0.25, 0.3) is 0 Å². The van der Waals surface area contributed by atoms with E-state index in [1.165, 1.54) is 26.4 Å². The maximum atomic E-state index is 11.6. The Morgan fingerprint density at radius 1 is 1.07 bits per heavy atom. The van der Waals surface area contributed by atoms with E-state index < -0.39 is 7.60 Å². The van der Waals surface area contributed by atoms with Gasteiger partial charge in [-0.05, 0) is 6.42 Å². The molecule has 0 radical (unpaired) electrons. The van der Waals surface area contributed by atoms with E-state index in [2.05, 4.69) is 6.92 Å². The van der Waals surface area contributed by atoms with Crippen molar-refractivity contribution in [3.8, 4) is 0 Å². The van der Waals surface area contributed by atoms with Gasteiger partial charge in [-0.2, -0.15) is 0 Å². The lowest BCUT2D eigenvalue weighted by atomic mass is 10.2. The monoisotopic (exact) mass is 222 g/mol. The van der Waals surface area contributed by atoms with Gasteiger partial charge >= 0.3 is 7.60 Å². The average molecular weight is 222 g/mol. The van der Waals surface area contributed by atoms with E-state index in [1.54, 1.807) is 0 Å². The Bertz CT molecular complexity index is 163. The molecule has 0 aromatic rings. The molecule has 0 N–H and O–H groups in total. The van der Waals surface area contributed by atoms with E-state index in [1.807, 2.05) is 6.92 Å². The van der Waals surface area contributed by atoms with Gasteiger partial charge in [-0.25, -0.2) is 0 Å². The minimum absolute atomic E-state index is 0.457. The molecule has 3 nitrogen and oxygen atoms in total. The summed E-state index contributed by atoms with van der Waals surface area (Å²) in [6, 6.07) is 0. The first-order chi connectivity index (χ1) is 6.68. The summed E-state index contributed by atoms with van der Waals surface area (Å²) in [6.45, 7) is 4.57. The molecule has 0 aliphatic heterocycles. The highest BCUT2D eigenvalue weighted by atomic mass is 31.2.